The lowest BCUT2D eigenvalue weighted by molar-refractivity contribution is 0.570. The number of halogens is 1. The topological polar surface area (TPSA) is 24.9 Å². The van der Waals surface area contributed by atoms with E-state index in [1.54, 1.807) is 0 Å². The van der Waals surface area contributed by atoms with Crippen LogP contribution in [0.4, 0.5) is 0 Å². The molecule has 0 saturated heterocycles. The summed E-state index contributed by atoms with van der Waals surface area (Å²) in [5.41, 5.74) is 3.92. The molecule has 1 unspecified atom stereocenters. The molecule has 0 radical (unpaired) electrons. The van der Waals surface area contributed by atoms with Gasteiger partial charge in [0.1, 0.15) is 0 Å². The molecule has 0 amide bonds. The number of hydrogen-bond donors (Lipinski definition) is 1. The summed E-state index contributed by atoms with van der Waals surface area (Å²) < 4.78 is 1.03. The van der Waals surface area contributed by atoms with Gasteiger partial charge in [-0.2, -0.15) is 0 Å². The van der Waals surface area contributed by atoms with Gasteiger partial charge in [-0.1, -0.05) is 31.2 Å². The molecule has 1 aromatic heterocycles. The Labute approximate surface area is 136 Å². The number of pyridine rings is 1. The van der Waals surface area contributed by atoms with Crippen molar-refractivity contribution >= 4 is 15.9 Å². The van der Waals surface area contributed by atoms with Gasteiger partial charge in [-0.15, -0.1) is 0 Å². The van der Waals surface area contributed by atoms with Crippen LogP contribution in [0.15, 0.2) is 47.1 Å². The van der Waals surface area contributed by atoms with E-state index in [9.17, 15) is 0 Å². The summed E-state index contributed by atoms with van der Waals surface area (Å²) in [6, 6.07) is 12.8. The molecule has 0 aliphatic rings. The second-order valence-electron chi connectivity index (χ2n) is 5.43. The smallest absolute Gasteiger partial charge is 0.0413 e. The molecular weight excluding hydrogens is 324 g/mol. The fourth-order valence-electron chi connectivity index (χ4n) is 2.57. The van der Waals surface area contributed by atoms with Gasteiger partial charge >= 0.3 is 0 Å². The molecule has 0 aliphatic heterocycles. The minimum absolute atomic E-state index is 0.464. The van der Waals surface area contributed by atoms with Gasteiger partial charge in [-0.05, 0) is 65.5 Å². The zero-order chi connectivity index (χ0) is 15.1. The minimum Gasteiger partial charge on any atom is -0.316 e. The van der Waals surface area contributed by atoms with Gasteiger partial charge in [-0.3, -0.25) is 4.98 Å². The number of rotatable bonds is 7. The predicted molar refractivity (Wildman–Crippen MR) is 92.7 cm³/mol. The molecule has 1 heterocycles. The van der Waals surface area contributed by atoms with Crippen molar-refractivity contribution in [3.63, 3.8) is 0 Å². The van der Waals surface area contributed by atoms with Crippen LogP contribution in [-0.4, -0.2) is 18.1 Å². The van der Waals surface area contributed by atoms with Crippen LogP contribution in [-0.2, 0) is 6.42 Å². The zero-order valence-corrected chi connectivity index (χ0v) is 14.4. The highest BCUT2D eigenvalue weighted by Crippen LogP contribution is 2.23. The number of nitrogens with one attached hydrogen (secondary N) is 1. The third-order valence-electron chi connectivity index (χ3n) is 3.69. The maximum atomic E-state index is 4.53. The predicted octanol–water partition coefficient (Wildman–Crippen LogP) is 4.48. The molecule has 0 saturated carbocycles. The second kappa shape index (κ2) is 8.30. The molecule has 0 spiro atoms. The van der Waals surface area contributed by atoms with E-state index in [0.717, 1.165) is 36.1 Å². The first-order valence-electron chi connectivity index (χ1n) is 7.57. The molecule has 2 aromatic rings. The summed E-state index contributed by atoms with van der Waals surface area (Å²) in [5.74, 6) is 0.464. The minimum atomic E-state index is 0.464. The number of aromatic nitrogens is 1. The molecule has 0 bridgehead atoms. The van der Waals surface area contributed by atoms with E-state index in [0.29, 0.717) is 5.92 Å². The summed E-state index contributed by atoms with van der Waals surface area (Å²) in [6.07, 6.45) is 4.01. The molecule has 1 aromatic carbocycles. The Balaban J connectivity index is 2.15. The Hall–Kier alpha value is -1.19. The Kier molecular flexibility index (Phi) is 6.40. The molecule has 21 heavy (non-hydrogen) atoms. The van der Waals surface area contributed by atoms with Crippen molar-refractivity contribution in [1.29, 1.82) is 0 Å². The molecule has 2 nitrogen and oxygen atoms in total. The van der Waals surface area contributed by atoms with Crippen molar-refractivity contribution in [3.05, 3.63) is 63.9 Å². The maximum absolute atomic E-state index is 4.53. The summed E-state index contributed by atoms with van der Waals surface area (Å²) in [5, 5.41) is 3.56. The third kappa shape index (κ3) is 4.94. The molecule has 1 atom stereocenters. The Bertz CT molecular complexity index is 551. The fraction of sp³-hybridized carbons (Fsp3) is 0.389. The van der Waals surface area contributed by atoms with E-state index in [2.05, 4.69) is 76.5 Å². The SMILES string of the molecule is CCCNCC(Cc1ccc(Br)cn1)c1ccccc1C. The largest absolute Gasteiger partial charge is 0.316 e. The quantitative estimate of drug-likeness (QED) is 0.747. The third-order valence-corrected chi connectivity index (χ3v) is 4.16. The van der Waals surface area contributed by atoms with Gasteiger partial charge in [-0.25, -0.2) is 0 Å². The highest BCUT2D eigenvalue weighted by Gasteiger charge is 2.14. The number of hydrogen-bond acceptors (Lipinski definition) is 2. The van der Waals surface area contributed by atoms with Gasteiger partial charge in [0.2, 0.25) is 0 Å². The Morgan fingerprint density at radius 3 is 2.67 bits per heavy atom. The van der Waals surface area contributed by atoms with E-state index in [-0.39, 0.29) is 0 Å². The summed E-state index contributed by atoms with van der Waals surface area (Å²) >= 11 is 3.44. The van der Waals surface area contributed by atoms with Gasteiger partial charge in [0, 0.05) is 28.8 Å². The molecule has 3 heteroatoms. The monoisotopic (exact) mass is 346 g/mol. The van der Waals surface area contributed by atoms with E-state index in [1.807, 2.05) is 6.20 Å². The van der Waals surface area contributed by atoms with E-state index in [1.165, 1.54) is 11.1 Å². The highest BCUT2D eigenvalue weighted by atomic mass is 79.9. The van der Waals surface area contributed by atoms with Crippen LogP contribution in [0, 0.1) is 6.92 Å². The number of benzene rings is 1. The average Bonchev–Trinajstić information content (AvgIpc) is 2.49. The highest BCUT2D eigenvalue weighted by molar-refractivity contribution is 9.10. The van der Waals surface area contributed by atoms with Gasteiger partial charge in [0.15, 0.2) is 0 Å². The lowest BCUT2D eigenvalue weighted by Gasteiger charge is -2.20. The summed E-state index contributed by atoms with van der Waals surface area (Å²) in [7, 11) is 0. The van der Waals surface area contributed by atoms with E-state index >= 15 is 0 Å². The summed E-state index contributed by atoms with van der Waals surface area (Å²) in [6.45, 7) is 6.45. The average molecular weight is 347 g/mol. The molecular formula is C18H23BrN2. The fourth-order valence-corrected chi connectivity index (χ4v) is 2.80. The first kappa shape index (κ1) is 16.2. The van der Waals surface area contributed by atoms with Crippen LogP contribution in [0.25, 0.3) is 0 Å². The molecule has 112 valence electrons. The summed E-state index contributed by atoms with van der Waals surface area (Å²) in [4.78, 5) is 4.53. The van der Waals surface area contributed by atoms with E-state index in [4.69, 9.17) is 0 Å². The number of nitrogens with zero attached hydrogens (tertiary/aromatic N) is 1. The van der Waals surface area contributed by atoms with E-state index < -0.39 is 0 Å². The first-order chi connectivity index (χ1) is 10.2. The zero-order valence-electron chi connectivity index (χ0n) is 12.8. The molecule has 0 aliphatic carbocycles. The van der Waals surface area contributed by atoms with Crippen molar-refractivity contribution < 1.29 is 0 Å². The van der Waals surface area contributed by atoms with Crippen molar-refractivity contribution in [2.24, 2.45) is 0 Å². The van der Waals surface area contributed by atoms with Crippen LogP contribution in [0.5, 0.6) is 0 Å². The van der Waals surface area contributed by atoms with Crippen LogP contribution in [0.3, 0.4) is 0 Å². The number of aryl methyl sites for hydroxylation is 1. The van der Waals surface area contributed by atoms with Gasteiger partial charge in [0.05, 0.1) is 0 Å². The van der Waals surface area contributed by atoms with Crippen LogP contribution in [0.1, 0.15) is 36.1 Å². The van der Waals surface area contributed by atoms with Gasteiger partial charge < -0.3 is 5.32 Å². The first-order valence-corrected chi connectivity index (χ1v) is 8.36. The Morgan fingerprint density at radius 1 is 1.19 bits per heavy atom. The van der Waals surface area contributed by atoms with Crippen molar-refractivity contribution in [1.82, 2.24) is 10.3 Å². The van der Waals surface area contributed by atoms with Crippen LogP contribution in [0.2, 0.25) is 0 Å². The lowest BCUT2D eigenvalue weighted by Crippen LogP contribution is -2.24. The van der Waals surface area contributed by atoms with Crippen molar-refractivity contribution in [3.8, 4) is 0 Å². The van der Waals surface area contributed by atoms with Crippen LogP contribution < -0.4 is 5.32 Å². The standard InChI is InChI=1S/C18H23BrN2/c1-3-10-20-12-15(18-7-5-4-6-14(18)2)11-17-9-8-16(19)13-21-17/h4-9,13,15,20H,3,10-12H2,1-2H3. The molecule has 0 fully saturated rings. The van der Waals surface area contributed by atoms with Crippen molar-refractivity contribution in [2.75, 3.05) is 13.1 Å². The molecule has 1 N–H and O–H groups in total. The Morgan fingerprint density at radius 2 is 2.00 bits per heavy atom. The lowest BCUT2D eigenvalue weighted by atomic mass is 9.90. The normalized spacial score (nSPS) is 12.3. The van der Waals surface area contributed by atoms with Crippen molar-refractivity contribution in [2.45, 2.75) is 32.6 Å². The second-order valence-corrected chi connectivity index (χ2v) is 6.35. The van der Waals surface area contributed by atoms with Crippen LogP contribution >= 0.6 is 15.9 Å². The molecule has 2 rings (SSSR count). The maximum Gasteiger partial charge on any atom is 0.0413 e. The van der Waals surface area contributed by atoms with Gasteiger partial charge in [0.25, 0.3) is 0 Å².